The zero-order valence-corrected chi connectivity index (χ0v) is 11.8. The Hall–Kier alpha value is -2.25. The number of hydrogen-bond donors (Lipinski definition) is 2. The quantitative estimate of drug-likeness (QED) is 0.809. The van der Waals surface area contributed by atoms with Crippen LogP contribution in [-0.4, -0.2) is 29.6 Å². The molecule has 122 valence electrons. The van der Waals surface area contributed by atoms with Gasteiger partial charge in [0, 0.05) is 12.5 Å². The summed E-state index contributed by atoms with van der Waals surface area (Å²) in [4.78, 5) is 21.9. The molecule has 1 aromatic rings. The number of nitrogens with one attached hydrogen (secondary N) is 1. The van der Waals surface area contributed by atoms with Crippen molar-refractivity contribution in [2.24, 2.45) is 0 Å². The lowest BCUT2D eigenvalue weighted by atomic mass is 10.2. The van der Waals surface area contributed by atoms with Gasteiger partial charge in [-0.3, -0.25) is 9.59 Å². The highest BCUT2D eigenvalue weighted by Gasteiger charge is 2.30. The summed E-state index contributed by atoms with van der Waals surface area (Å²) < 4.78 is 42.1. The van der Waals surface area contributed by atoms with E-state index in [0.717, 1.165) is 24.3 Å². The number of ether oxygens (including phenoxy) is 1. The molecule has 0 aromatic heterocycles. The maximum absolute atomic E-state index is 12.4. The molecular formula is C14H16F3NO4. The summed E-state index contributed by atoms with van der Waals surface area (Å²) in [6.07, 6.45) is -4.21. The fourth-order valence-corrected chi connectivity index (χ4v) is 1.62. The van der Waals surface area contributed by atoms with Crippen LogP contribution in [0.5, 0.6) is 5.75 Å². The van der Waals surface area contributed by atoms with Gasteiger partial charge < -0.3 is 15.2 Å². The van der Waals surface area contributed by atoms with E-state index in [1.165, 1.54) is 0 Å². The van der Waals surface area contributed by atoms with Crippen LogP contribution in [-0.2, 0) is 15.8 Å². The van der Waals surface area contributed by atoms with Gasteiger partial charge in [-0.2, -0.15) is 13.2 Å². The van der Waals surface area contributed by atoms with Crippen molar-refractivity contribution in [1.82, 2.24) is 5.32 Å². The van der Waals surface area contributed by atoms with Gasteiger partial charge >= 0.3 is 12.1 Å². The van der Waals surface area contributed by atoms with Crippen LogP contribution >= 0.6 is 0 Å². The smallest absolute Gasteiger partial charge is 0.416 e. The highest BCUT2D eigenvalue weighted by molar-refractivity contribution is 5.77. The van der Waals surface area contributed by atoms with Crippen LogP contribution in [0.25, 0.3) is 0 Å². The lowest BCUT2D eigenvalue weighted by Gasteiger charge is -2.13. The molecule has 0 radical (unpaired) electrons. The number of carbonyl (C=O) groups excluding carboxylic acids is 1. The van der Waals surface area contributed by atoms with E-state index in [2.05, 4.69) is 5.32 Å². The maximum Gasteiger partial charge on any atom is 0.416 e. The van der Waals surface area contributed by atoms with Crippen molar-refractivity contribution < 1.29 is 32.6 Å². The maximum atomic E-state index is 12.4. The molecule has 1 rings (SSSR count). The monoisotopic (exact) mass is 319 g/mol. The number of hydrogen-bond acceptors (Lipinski definition) is 3. The van der Waals surface area contributed by atoms with E-state index in [1.54, 1.807) is 6.92 Å². The molecule has 1 unspecified atom stereocenters. The fourth-order valence-electron chi connectivity index (χ4n) is 1.62. The molecule has 1 aromatic carbocycles. The molecule has 1 amide bonds. The van der Waals surface area contributed by atoms with Gasteiger partial charge in [0.2, 0.25) is 0 Å². The van der Waals surface area contributed by atoms with Crippen molar-refractivity contribution in [2.75, 3.05) is 6.61 Å². The Balaban J connectivity index is 2.39. The molecule has 0 bridgehead atoms. The molecular weight excluding hydrogens is 303 g/mol. The van der Waals surface area contributed by atoms with Crippen molar-refractivity contribution in [2.45, 2.75) is 32.0 Å². The minimum absolute atomic E-state index is 0.0682. The number of carboxylic acid groups (broad SMARTS) is 1. The van der Waals surface area contributed by atoms with Crippen LogP contribution < -0.4 is 10.1 Å². The predicted octanol–water partition coefficient (Wildman–Crippen LogP) is 2.45. The van der Waals surface area contributed by atoms with Crippen LogP contribution in [0, 0.1) is 0 Å². The van der Waals surface area contributed by atoms with Crippen molar-refractivity contribution in [3.63, 3.8) is 0 Å². The van der Waals surface area contributed by atoms with E-state index in [4.69, 9.17) is 9.84 Å². The Morgan fingerprint density at radius 3 is 2.36 bits per heavy atom. The van der Waals surface area contributed by atoms with E-state index < -0.39 is 23.6 Å². The fraction of sp³-hybridized carbons (Fsp3) is 0.429. The molecule has 0 saturated heterocycles. The van der Waals surface area contributed by atoms with Gasteiger partial charge in [-0.15, -0.1) is 0 Å². The van der Waals surface area contributed by atoms with Gasteiger partial charge in [-0.05, 0) is 37.6 Å². The molecule has 0 aliphatic carbocycles. The van der Waals surface area contributed by atoms with Crippen LogP contribution in [0.3, 0.4) is 0 Å². The molecule has 0 fully saturated rings. The molecule has 0 saturated carbocycles. The lowest BCUT2D eigenvalue weighted by Crippen LogP contribution is -2.36. The molecule has 5 nitrogen and oxygen atoms in total. The Kier molecular flexibility index (Phi) is 6.21. The normalized spacial score (nSPS) is 12.5. The summed E-state index contributed by atoms with van der Waals surface area (Å²) in [6, 6.07) is 3.65. The molecule has 0 heterocycles. The molecule has 8 heteroatoms. The van der Waals surface area contributed by atoms with Gasteiger partial charge in [-0.1, -0.05) is 0 Å². The van der Waals surface area contributed by atoms with Crippen LogP contribution in [0.15, 0.2) is 24.3 Å². The third kappa shape index (κ3) is 6.47. The van der Waals surface area contributed by atoms with E-state index in [0.29, 0.717) is 0 Å². The Labute approximate surface area is 125 Å². The van der Waals surface area contributed by atoms with Crippen LogP contribution in [0.2, 0.25) is 0 Å². The van der Waals surface area contributed by atoms with E-state index in [9.17, 15) is 22.8 Å². The Bertz CT molecular complexity index is 514. The largest absolute Gasteiger partial charge is 0.484 e. The zero-order valence-electron chi connectivity index (χ0n) is 11.8. The molecule has 22 heavy (non-hydrogen) atoms. The molecule has 0 aliphatic heterocycles. The number of aliphatic carboxylic acids is 1. The second-order valence-electron chi connectivity index (χ2n) is 4.71. The van der Waals surface area contributed by atoms with Crippen molar-refractivity contribution >= 4 is 11.9 Å². The summed E-state index contributed by atoms with van der Waals surface area (Å²) in [7, 11) is 0. The van der Waals surface area contributed by atoms with Crippen LogP contribution in [0.1, 0.15) is 25.3 Å². The number of rotatable bonds is 7. The first kappa shape index (κ1) is 17.8. The second kappa shape index (κ2) is 7.67. The average molecular weight is 319 g/mol. The number of benzene rings is 1. The van der Waals surface area contributed by atoms with Gasteiger partial charge in [0.05, 0.1) is 5.56 Å². The summed E-state index contributed by atoms with van der Waals surface area (Å²) in [5.74, 6) is -1.29. The lowest BCUT2D eigenvalue weighted by molar-refractivity contribution is -0.138. The Morgan fingerprint density at radius 1 is 1.27 bits per heavy atom. The van der Waals surface area contributed by atoms with Crippen LogP contribution in [0.4, 0.5) is 13.2 Å². The Morgan fingerprint density at radius 2 is 1.86 bits per heavy atom. The first-order chi connectivity index (χ1) is 10.2. The van der Waals surface area contributed by atoms with Gasteiger partial charge in [-0.25, -0.2) is 0 Å². The minimum Gasteiger partial charge on any atom is -0.484 e. The number of carboxylic acids is 1. The van der Waals surface area contributed by atoms with E-state index in [-0.39, 0.29) is 31.2 Å². The molecule has 0 aliphatic rings. The predicted molar refractivity (Wildman–Crippen MR) is 71.4 cm³/mol. The SMILES string of the molecule is CC(CCC(=O)O)NC(=O)COc1ccc(C(F)(F)F)cc1. The van der Waals surface area contributed by atoms with Crippen molar-refractivity contribution in [3.05, 3.63) is 29.8 Å². The van der Waals surface area contributed by atoms with Crippen molar-refractivity contribution in [3.8, 4) is 5.75 Å². The van der Waals surface area contributed by atoms with Gasteiger partial charge in [0.25, 0.3) is 5.91 Å². The zero-order chi connectivity index (χ0) is 16.8. The first-order valence-corrected chi connectivity index (χ1v) is 6.49. The average Bonchev–Trinajstić information content (AvgIpc) is 2.42. The highest BCUT2D eigenvalue weighted by atomic mass is 19.4. The number of halogens is 3. The number of amides is 1. The third-order valence-corrected chi connectivity index (χ3v) is 2.75. The standard InChI is InChI=1S/C14H16F3NO4/c1-9(2-7-13(20)21)18-12(19)8-22-11-5-3-10(4-6-11)14(15,16)17/h3-6,9H,2,7-8H2,1H3,(H,18,19)(H,20,21). The summed E-state index contributed by atoms with van der Waals surface area (Å²) in [5, 5.41) is 11.0. The summed E-state index contributed by atoms with van der Waals surface area (Å²) in [6.45, 7) is 1.29. The van der Waals surface area contributed by atoms with E-state index >= 15 is 0 Å². The van der Waals surface area contributed by atoms with Gasteiger partial charge in [0.15, 0.2) is 6.61 Å². The summed E-state index contributed by atoms with van der Waals surface area (Å²) >= 11 is 0. The highest BCUT2D eigenvalue weighted by Crippen LogP contribution is 2.30. The summed E-state index contributed by atoms with van der Waals surface area (Å²) in [5.41, 5.74) is -0.799. The van der Waals surface area contributed by atoms with Gasteiger partial charge in [0.1, 0.15) is 5.75 Å². The molecule has 0 spiro atoms. The topological polar surface area (TPSA) is 75.6 Å². The third-order valence-electron chi connectivity index (χ3n) is 2.75. The number of alkyl halides is 3. The second-order valence-corrected chi connectivity index (χ2v) is 4.71. The minimum atomic E-state index is -4.42. The first-order valence-electron chi connectivity index (χ1n) is 6.49. The van der Waals surface area contributed by atoms with E-state index in [1.807, 2.05) is 0 Å². The van der Waals surface area contributed by atoms with Crippen molar-refractivity contribution in [1.29, 1.82) is 0 Å². The molecule has 1 atom stereocenters. The number of carbonyl (C=O) groups is 2. The molecule has 2 N–H and O–H groups in total.